The fourth-order valence-electron chi connectivity index (χ4n) is 2.80. The molecule has 0 spiro atoms. The van der Waals surface area contributed by atoms with Gasteiger partial charge in [-0.1, -0.05) is 24.3 Å². The average molecular weight is 442 g/mol. The Bertz CT molecular complexity index is 1280. The van der Waals surface area contributed by atoms with Crippen molar-refractivity contribution in [2.24, 2.45) is 0 Å². The summed E-state index contributed by atoms with van der Waals surface area (Å²) in [6.45, 7) is 2.73. The number of ketones is 1. The van der Waals surface area contributed by atoms with Gasteiger partial charge in [0, 0.05) is 18.9 Å². The molecule has 31 heavy (non-hydrogen) atoms. The molecule has 3 aromatic rings. The summed E-state index contributed by atoms with van der Waals surface area (Å²) in [6, 6.07) is 10.0. The van der Waals surface area contributed by atoms with Crippen molar-refractivity contribution in [1.29, 1.82) is 0 Å². The minimum absolute atomic E-state index is 0.0616. The van der Waals surface area contributed by atoms with E-state index in [9.17, 15) is 22.4 Å². The summed E-state index contributed by atoms with van der Waals surface area (Å²) in [4.78, 5) is 31.9. The number of carbonyl (C=O) groups excluding carboxylic acids is 2. The van der Waals surface area contributed by atoms with Gasteiger partial charge < -0.3 is 5.73 Å². The Morgan fingerprint density at radius 2 is 1.81 bits per heavy atom. The number of halogens is 1. The number of sulfonamides is 1. The van der Waals surface area contributed by atoms with E-state index in [1.165, 1.54) is 36.5 Å². The van der Waals surface area contributed by atoms with Gasteiger partial charge in [0.05, 0.1) is 16.8 Å². The van der Waals surface area contributed by atoms with E-state index in [2.05, 4.69) is 9.97 Å². The molecule has 160 valence electrons. The van der Waals surface area contributed by atoms with Gasteiger partial charge in [-0.2, -0.15) is 0 Å². The van der Waals surface area contributed by atoms with Crippen LogP contribution < -0.4 is 10.5 Å². The molecule has 0 bridgehead atoms. The molecule has 0 saturated carbocycles. The number of rotatable bonds is 6. The summed E-state index contributed by atoms with van der Waals surface area (Å²) in [5, 5.41) is 0. The van der Waals surface area contributed by atoms with Crippen molar-refractivity contribution >= 4 is 27.5 Å². The highest BCUT2D eigenvalue weighted by atomic mass is 32.2. The zero-order chi connectivity index (χ0) is 22.8. The van der Waals surface area contributed by atoms with Crippen LogP contribution in [0.25, 0.3) is 11.3 Å². The first-order valence-electron chi connectivity index (χ1n) is 9.11. The molecule has 0 saturated heterocycles. The number of hydrogen-bond acceptors (Lipinski definition) is 7. The molecule has 1 aromatic heterocycles. The van der Waals surface area contributed by atoms with E-state index in [1.54, 1.807) is 19.1 Å². The molecule has 0 aliphatic carbocycles. The molecule has 0 aliphatic rings. The molecule has 0 unspecified atom stereocenters. The predicted octanol–water partition coefficient (Wildman–Crippen LogP) is 2.42. The number of nitrogens with one attached hydrogen (secondary N) is 1. The van der Waals surface area contributed by atoms with Crippen LogP contribution in [0, 0.1) is 12.7 Å². The Labute approximate surface area is 178 Å². The smallest absolute Gasteiger partial charge is 0.264 e. The Kier molecular flexibility index (Phi) is 6.11. The molecule has 0 fully saturated rings. The van der Waals surface area contributed by atoms with Crippen molar-refractivity contribution in [2.45, 2.75) is 25.2 Å². The third kappa shape index (κ3) is 5.10. The minimum atomic E-state index is -3.96. The lowest BCUT2D eigenvalue weighted by atomic mass is 10.1. The third-order valence-electron chi connectivity index (χ3n) is 4.41. The van der Waals surface area contributed by atoms with Gasteiger partial charge in [-0.15, -0.1) is 0 Å². The van der Waals surface area contributed by atoms with Crippen LogP contribution in [0.2, 0.25) is 0 Å². The van der Waals surface area contributed by atoms with E-state index in [-0.39, 0.29) is 22.8 Å². The highest BCUT2D eigenvalue weighted by molar-refractivity contribution is 7.90. The summed E-state index contributed by atoms with van der Waals surface area (Å²) in [6.07, 6.45) is 1.25. The van der Waals surface area contributed by atoms with Crippen molar-refractivity contribution < 1.29 is 22.4 Å². The summed E-state index contributed by atoms with van der Waals surface area (Å²) >= 11 is 0. The summed E-state index contributed by atoms with van der Waals surface area (Å²) in [5.41, 5.74) is 7.50. The van der Waals surface area contributed by atoms with Crippen molar-refractivity contribution in [2.75, 3.05) is 5.73 Å². The highest BCUT2D eigenvalue weighted by Crippen LogP contribution is 2.22. The van der Waals surface area contributed by atoms with Crippen LogP contribution in [0.3, 0.4) is 0 Å². The molecule has 8 nitrogen and oxygen atoms in total. The average Bonchev–Trinajstić information content (AvgIpc) is 2.70. The van der Waals surface area contributed by atoms with Gasteiger partial charge in [0.2, 0.25) is 5.91 Å². The SMILES string of the molecule is CC(=O)NS(=O)(=O)c1ccc(CC(=O)c2nc(-c3ccc(C)c(F)c3)cnc2N)cc1. The number of benzene rings is 2. The highest BCUT2D eigenvalue weighted by Gasteiger charge is 2.18. The van der Waals surface area contributed by atoms with Crippen molar-refractivity contribution in [3.05, 3.63) is 71.3 Å². The first-order chi connectivity index (χ1) is 14.6. The van der Waals surface area contributed by atoms with E-state index < -0.39 is 27.5 Å². The number of nitrogens with two attached hydrogens (primary N) is 1. The van der Waals surface area contributed by atoms with Crippen LogP contribution in [-0.2, 0) is 21.2 Å². The number of Topliss-reactive ketones (excluding diaryl/α,β-unsaturated/α-hetero) is 1. The van der Waals surface area contributed by atoms with Crippen LogP contribution in [0.1, 0.15) is 28.5 Å². The molecule has 0 radical (unpaired) electrons. The number of anilines is 1. The maximum absolute atomic E-state index is 13.9. The Morgan fingerprint density at radius 1 is 1.13 bits per heavy atom. The largest absolute Gasteiger partial charge is 0.382 e. The lowest BCUT2D eigenvalue weighted by Gasteiger charge is -2.08. The van der Waals surface area contributed by atoms with Gasteiger partial charge in [-0.05, 0) is 36.2 Å². The Balaban J connectivity index is 1.83. The topological polar surface area (TPSA) is 132 Å². The Morgan fingerprint density at radius 3 is 2.42 bits per heavy atom. The molecule has 10 heteroatoms. The van der Waals surface area contributed by atoms with E-state index in [1.807, 2.05) is 4.72 Å². The molecular formula is C21H19FN4O4S. The van der Waals surface area contributed by atoms with Crippen molar-refractivity contribution in [1.82, 2.24) is 14.7 Å². The van der Waals surface area contributed by atoms with E-state index in [0.29, 0.717) is 22.4 Å². The zero-order valence-electron chi connectivity index (χ0n) is 16.7. The lowest BCUT2D eigenvalue weighted by molar-refractivity contribution is -0.117. The minimum Gasteiger partial charge on any atom is -0.382 e. The maximum atomic E-state index is 13.9. The molecule has 1 heterocycles. The number of amides is 1. The number of hydrogen-bond donors (Lipinski definition) is 2. The maximum Gasteiger partial charge on any atom is 0.264 e. The molecule has 0 aliphatic heterocycles. The molecule has 1 amide bonds. The first kappa shape index (κ1) is 22.0. The summed E-state index contributed by atoms with van der Waals surface area (Å²) in [5.74, 6) is -1.61. The van der Waals surface area contributed by atoms with Crippen LogP contribution in [0.5, 0.6) is 0 Å². The monoisotopic (exact) mass is 442 g/mol. The van der Waals surface area contributed by atoms with Crippen molar-refractivity contribution in [3.8, 4) is 11.3 Å². The van der Waals surface area contributed by atoms with Gasteiger partial charge in [-0.3, -0.25) is 9.59 Å². The van der Waals surface area contributed by atoms with E-state index in [4.69, 9.17) is 5.73 Å². The van der Waals surface area contributed by atoms with E-state index >= 15 is 0 Å². The Hall–Kier alpha value is -3.66. The fraction of sp³-hybridized carbons (Fsp3) is 0.143. The number of nitrogens with zero attached hydrogens (tertiary/aromatic N) is 2. The normalized spacial score (nSPS) is 11.2. The quantitative estimate of drug-likeness (QED) is 0.560. The van der Waals surface area contributed by atoms with Crippen LogP contribution in [0.15, 0.2) is 53.6 Å². The van der Waals surface area contributed by atoms with Crippen LogP contribution in [-0.4, -0.2) is 30.1 Å². The van der Waals surface area contributed by atoms with E-state index in [0.717, 1.165) is 6.92 Å². The second-order valence-electron chi connectivity index (χ2n) is 6.86. The number of aryl methyl sites for hydroxylation is 1. The number of nitrogen functional groups attached to an aromatic ring is 1. The fourth-order valence-corrected chi connectivity index (χ4v) is 3.79. The molecular weight excluding hydrogens is 423 g/mol. The van der Waals surface area contributed by atoms with Crippen molar-refractivity contribution in [3.63, 3.8) is 0 Å². The molecule has 0 atom stereocenters. The second-order valence-corrected chi connectivity index (χ2v) is 8.54. The predicted molar refractivity (Wildman–Crippen MR) is 112 cm³/mol. The first-order valence-corrected chi connectivity index (χ1v) is 10.6. The third-order valence-corrected chi connectivity index (χ3v) is 5.86. The number of carbonyl (C=O) groups is 2. The molecule has 2 aromatic carbocycles. The van der Waals surface area contributed by atoms with Gasteiger partial charge in [0.1, 0.15) is 11.5 Å². The molecule has 3 rings (SSSR count). The van der Waals surface area contributed by atoms with Gasteiger partial charge in [0.15, 0.2) is 11.6 Å². The second kappa shape index (κ2) is 8.60. The van der Waals surface area contributed by atoms with Gasteiger partial charge >= 0.3 is 0 Å². The summed E-state index contributed by atoms with van der Waals surface area (Å²) < 4.78 is 39.7. The summed E-state index contributed by atoms with van der Waals surface area (Å²) in [7, 11) is -3.96. The standard InChI is InChI=1S/C21H19FN4O4S/c1-12-3-6-15(10-17(12)22)18-11-24-21(23)20(25-18)19(28)9-14-4-7-16(8-5-14)31(29,30)26-13(2)27/h3-8,10-11H,9H2,1-2H3,(H2,23,24)(H,26,27). The van der Waals surface area contributed by atoms with Gasteiger partial charge in [-0.25, -0.2) is 27.5 Å². The number of aromatic nitrogens is 2. The van der Waals surface area contributed by atoms with Crippen LogP contribution in [0.4, 0.5) is 10.2 Å². The lowest BCUT2D eigenvalue weighted by Crippen LogP contribution is -2.28. The molecule has 3 N–H and O–H groups in total. The van der Waals surface area contributed by atoms with Gasteiger partial charge in [0.25, 0.3) is 10.0 Å². The van der Waals surface area contributed by atoms with Crippen LogP contribution >= 0.6 is 0 Å². The zero-order valence-corrected chi connectivity index (χ0v) is 17.5.